The maximum Gasteiger partial charge on any atom is 0.364 e. The Balaban J connectivity index is 2.55. The largest absolute Gasteiger partial charge is 0.421 e. The number of hydrogen-bond donors (Lipinski definition) is 1. The lowest BCUT2D eigenvalue weighted by Crippen LogP contribution is -2.03. The SMILES string of the molecule is CCn1cnc2c(=O)oc3ccc(S(=O)(=O)O)cc3c21. The first-order valence-corrected chi connectivity index (χ1v) is 7.25. The molecule has 0 aliphatic carbocycles. The third-order valence-electron chi connectivity index (χ3n) is 3.08. The highest BCUT2D eigenvalue weighted by atomic mass is 32.2. The molecular formula is C12H10N2O5S. The molecule has 0 aliphatic heterocycles. The van der Waals surface area contributed by atoms with Crippen molar-refractivity contribution in [2.24, 2.45) is 0 Å². The van der Waals surface area contributed by atoms with Crippen LogP contribution in [0.15, 0.2) is 38.6 Å². The topological polar surface area (TPSA) is 102 Å². The number of nitrogens with zero attached hydrogens (tertiary/aromatic N) is 2. The van der Waals surface area contributed by atoms with E-state index in [1.807, 2.05) is 6.92 Å². The smallest absolute Gasteiger partial charge is 0.364 e. The fourth-order valence-corrected chi connectivity index (χ4v) is 2.65. The summed E-state index contributed by atoms with van der Waals surface area (Å²) in [6.45, 7) is 2.43. The van der Waals surface area contributed by atoms with Gasteiger partial charge in [0.05, 0.1) is 16.7 Å². The van der Waals surface area contributed by atoms with Crippen LogP contribution in [-0.4, -0.2) is 22.5 Å². The van der Waals surface area contributed by atoms with Crippen LogP contribution in [0.25, 0.3) is 22.0 Å². The number of fused-ring (bicyclic) bond motifs is 3. The van der Waals surface area contributed by atoms with Gasteiger partial charge in [-0.1, -0.05) is 0 Å². The zero-order chi connectivity index (χ0) is 14.5. The average molecular weight is 294 g/mol. The third-order valence-corrected chi connectivity index (χ3v) is 3.93. The van der Waals surface area contributed by atoms with Crippen molar-refractivity contribution in [2.75, 3.05) is 0 Å². The van der Waals surface area contributed by atoms with Crippen LogP contribution in [0, 0.1) is 0 Å². The minimum atomic E-state index is -4.33. The minimum Gasteiger partial charge on any atom is -0.421 e. The van der Waals surface area contributed by atoms with Crippen molar-refractivity contribution < 1.29 is 17.4 Å². The van der Waals surface area contributed by atoms with Gasteiger partial charge >= 0.3 is 5.63 Å². The van der Waals surface area contributed by atoms with Gasteiger partial charge in [-0.25, -0.2) is 9.78 Å². The molecule has 0 spiro atoms. The number of benzene rings is 1. The fraction of sp³-hybridized carbons (Fsp3) is 0.167. The Bertz CT molecular complexity index is 984. The molecule has 0 fully saturated rings. The molecule has 3 aromatic rings. The molecule has 104 valence electrons. The summed E-state index contributed by atoms with van der Waals surface area (Å²) in [5.41, 5.74) is 0.278. The summed E-state index contributed by atoms with van der Waals surface area (Å²) in [7, 11) is -4.33. The van der Waals surface area contributed by atoms with Crippen LogP contribution in [0.5, 0.6) is 0 Å². The second-order valence-corrected chi connectivity index (χ2v) is 5.67. The van der Waals surface area contributed by atoms with Gasteiger partial charge in [-0.15, -0.1) is 0 Å². The van der Waals surface area contributed by atoms with Crippen LogP contribution in [0.3, 0.4) is 0 Å². The van der Waals surface area contributed by atoms with Gasteiger partial charge in [0, 0.05) is 11.9 Å². The second-order valence-electron chi connectivity index (χ2n) is 4.25. The van der Waals surface area contributed by atoms with E-state index in [-0.39, 0.29) is 16.0 Å². The van der Waals surface area contributed by atoms with E-state index >= 15 is 0 Å². The predicted octanol–water partition coefficient (Wildman–Crippen LogP) is 1.41. The van der Waals surface area contributed by atoms with Gasteiger partial charge in [0.1, 0.15) is 5.58 Å². The Morgan fingerprint density at radius 2 is 2.15 bits per heavy atom. The quantitative estimate of drug-likeness (QED) is 0.566. The fourth-order valence-electron chi connectivity index (χ4n) is 2.15. The van der Waals surface area contributed by atoms with Gasteiger partial charge in [0.2, 0.25) is 0 Å². The molecule has 0 amide bonds. The van der Waals surface area contributed by atoms with Gasteiger partial charge in [-0.05, 0) is 25.1 Å². The van der Waals surface area contributed by atoms with E-state index in [1.165, 1.54) is 24.5 Å². The van der Waals surface area contributed by atoms with Gasteiger partial charge < -0.3 is 8.98 Å². The first-order valence-electron chi connectivity index (χ1n) is 5.81. The average Bonchev–Trinajstić information content (AvgIpc) is 2.82. The lowest BCUT2D eigenvalue weighted by Gasteiger charge is -2.04. The highest BCUT2D eigenvalue weighted by molar-refractivity contribution is 7.85. The van der Waals surface area contributed by atoms with E-state index in [0.29, 0.717) is 17.4 Å². The Hall–Kier alpha value is -2.19. The molecule has 3 rings (SSSR count). The number of aryl methyl sites for hydroxylation is 1. The first-order chi connectivity index (χ1) is 9.41. The van der Waals surface area contributed by atoms with Crippen molar-refractivity contribution in [3.05, 3.63) is 34.9 Å². The molecule has 7 nitrogen and oxygen atoms in total. The van der Waals surface area contributed by atoms with Crippen molar-refractivity contribution >= 4 is 32.1 Å². The summed E-state index contributed by atoms with van der Waals surface area (Å²) in [5.74, 6) is 0. The van der Waals surface area contributed by atoms with E-state index in [9.17, 15) is 13.2 Å². The van der Waals surface area contributed by atoms with E-state index in [2.05, 4.69) is 4.98 Å². The standard InChI is InChI=1S/C12H10N2O5S/c1-2-14-6-13-10-11(14)8-5-7(20(16,17)18)3-4-9(8)19-12(10)15/h3-6H,2H2,1H3,(H,16,17,18). The summed E-state index contributed by atoms with van der Waals surface area (Å²) in [6.07, 6.45) is 1.49. The van der Waals surface area contributed by atoms with Gasteiger partial charge in [0.25, 0.3) is 10.1 Å². The van der Waals surface area contributed by atoms with E-state index in [1.54, 1.807) is 4.57 Å². The summed E-state index contributed by atoms with van der Waals surface area (Å²) in [6, 6.07) is 3.79. The Kier molecular flexibility index (Phi) is 2.66. The van der Waals surface area contributed by atoms with Gasteiger partial charge in [-0.3, -0.25) is 4.55 Å². The van der Waals surface area contributed by atoms with Crippen molar-refractivity contribution in [1.82, 2.24) is 9.55 Å². The van der Waals surface area contributed by atoms with E-state index in [0.717, 1.165) is 0 Å². The van der Waals surface area contributed by atoms with E-state index < -0.39 is 15.7 Å². The number of rotatable bonds is 2. The van der Waals surface area contributed by atoms with Crippen LogP contribution >= 0.6 is 0 Å². The number of aromatic nitrogens is 2. The number of hydrogen-bond acceptors (Lipinski definition) is 5. The van der Waals surface area contributed by atoms with Crippen LogP contribution in [-0.2, 0) is 16.7 Å². The molecule has 1 aromatic carbocycles. The summed E-state index contributed by atoms with van der Waals surface area (Å²) < 4.78 is 38.3. The maximum atomic E-state index is 11.8. The van der Waals surface area contributed by atoms with Crippen molar-refractivity contribution in [3.63, 3.8) is 0 Å². The number of imidazole rings is 1. The monoisotopic (exact) mass is 294 g/mol. The van der Waals surface area contributed by atoms with Crippen molar-refractivity contribution in [3.8, 4) is 0 Å². The molecular weight excluding hydrogens is 284 g/mol. The van der Waals surface area contributed by atoms with Crippen LogP contribution in [0.2, 0.25) is 0 Å². The van der Waals surface area contributed by atoms with Crippen LogP contribution in [0.4, 0.5) is 0 Å². The van der Waals surface area contributed by atoms with Crippen LogP contribution in [0.1, 0.15) is 6.92 Å². The summed E-state index contributed by atoms with van der Waals surface area (Å²) >= 11 is 0. The van der Waals surface area contributed by atoms with Crippen molar-refractivity contribution in [2.45, 2.75) is 18.4 Å². The summed E-state index contributed by atoms with van der Waals surface area (Å²) in [5, 5.41) is 0.411. The highest BCUT2D eigenvalue weighted by Gasteiger charge is 2.16. The molecule has 0 unspecified atom stereocenters. The Labute approximate surface area is 113 Å². The highest BCUT2D eigenvalue weighted by Crippen LogP contribution is 2.25. The predicted molar refractivity (Wildman–Crippen MR) is 71.3 cm³/mol. The minimum absolute atomic E-state index is 0.131. The van der Waals surface area contributed by atoms with Crippen LogP contribution < -0.4 is 5.63 Å². The molecule has 1 N–H and O–H groups in total. The molecule has 0 radical (unpaired) electrons. The molecule has 0 saturated heterocycles. The summed E-state index contributed by atoms with van der Waals surface area (Å²) in [4.78, 5) is 15.5. The van der Waals surface area contributed by atoms with E-state index in [4.69, 9.17) is 8.97 Å². The second kappa shape index (κ2) is 4.15. The molecule has 0 aliphatic rings. The molecule has 2 heterocycles. The third kappa shape index (κ3) is 1.81. The Morgan fingerprint density at radius 1 is 1.40 bits per heavy atom. The Morgan fingerprint density at radius 3 is 2.80 bits per heavy atom. The molecule has 0 saturated carbocycles. The lowest BCUT2D eigenvalue weighted by atomic mass is 10.2. The zero-order valence-corrected chi connectivity index (χ0v) is 11.2. The molecule has 2 aromatic heterocycles. The van der Waals surface area contributed by atoms with Crippen molar-refractivity contribution in [1.29, 1.82) is 0 Å². The van der Waals surface area contributed by atoms with Gasteiger partial charge in [-0.2, -0.15) is 8.42 Å². The molecule has 0 bridgehead atoms. The molecule has 20 heavy (non-hydrogen) atoms. The zero-order valence-electron chi connectivity index (χ0n) is 10.4. The lowest BCUT2D eigenvalue weighted by molar-refractivity contribution is 0.483. The molecule has 8 heteroatoms. The van der Waals surface area contributed by atoms with Gasteiger partial charge in [0.15, 0.2) is 5.52 Å². The maximum absolute atomic E-state index is 11.8. The normalized spacial score (nSPS) is 12.3. The molecule has 0 atom stereocenters. The first kappa shape index (κ1) is 12.8.